The Balaban J connectivity index is 1.49. The highest BCUT2D eigenvalue weighted by molar-refractivity contribution is 6.37. The van der Waals surface area contributed by atoms with Gasteiger partial charge < -0.3 is 9.64 Å². The van der Waals surface area contributed by atoms with E-state index in [1.165, 1.54) is 29.8 Å². The van der Waals surface area contributed by atoms with Gasteiger partial charge in [0.1, 0.15) is 5.82 Å². The Morgan fingerprint density at radius 3 is 2.27 bits per heavy atom. The third-order valence-electron chi connectivity index (χ3n) is 5.19. The minimum absolute atomic E-state index is 0.298. The molecule has 3 rings (SSSR count). The van der Waals surface area contributed by atoms with Crippen LogP contribution in [0.15, 0.2) is 27.8 Å². The number of hydrogen-bond acceptors (Lipinski definition) is 6. The van der Waals surface area contributed by atoms with Gasteiger partial charge in [-0.1, -0.05) is 23.2 Å². The van der Waals surface area contributed by atoms with Crippen LogP contribution in [0.25, 0.3) is 0 Å². The minimum atomic E-state index is -0.322. The van der Waals surface area contributed by atoms with Crippen molar-refractivity contribution in [1.82, 2.24) is 14.0 Å². The van der Waals surface area contributed by atoms with Gasteiger partial charge in [0.25, 0.3) is 5.56 Å². The average molecular weight is 452 g/mol. The normalized spacial score (nSPS) is 14.6. The van der Waals surface area contributed by atoms with Crippen LogP contribution in [0.1, 0.15) is 12.0 Å². The highest BCUT2D eigenvalue weighted by Crippen LogP contribution is 2.34. The lowest BCUT2D eigenvalue weighted by Gasteiger charge is -2.36. The van der Waals surface area contributed by atoms with Crippen molar-refractivity contribution in [3.05, 3.63) is 54.6 Å². The van der Waals surface area contributed by atoms with E-state index >= 15 is 0 Å². The van der Waals surface area contributed by atoms with E-state index in [0.717, 1.165) is 43.7 Å². The van der Waals surface area contributed by atoms with Crippen molar-refractivity contribution in [3.8, 4) is 11.8 Å². The molecule has 0 saturated carbocycles. The summed E-state index contributed by atoms with van der Waals surface area (Å²) in [5, 5.41) is 9.58. The van der Waals surface area contributed by atoms with Gasteiger partial charge in [-0.2, -0.15) is 5.26 Å². The minimum Gasteiger partial charge on any atom is -0.490 e. The average Bonchev–Trinajstić information content (AvgIpc) is 2.74. The van der Waals surface area contributed by atoms with Crippen molar-refractivity contribution in [2.75, 3.05) is 44.2 Å². The monoisotopic (exact) mass is 451 g/mol. The first-order valence-corrected chi connectivity index (χ1v) is 10.3. The second kappa shape index (κ2) is 9.56. The summed E-state index contributed by atoms with van der Waals surface area (Å²) in [6, 6.07) is 6.58. The molecule has 160 valence electrons. The van der Waals surface area contributed by atoms with E-state index < -0.39 is 0 Å². The number of anilines is 1. The molecule has 1 aliphatic heterocycles. The lowest BCUT2D eigenvalue weighted by atomic mass is 10.2. The summed E-state index contributed by atoms with van der Waals surface area (Å²) in [7, 11) is 3.16. The number of hydrogen-bond donors (Lipinski definition) is 0. The van der Waals surface area contributed by atoms with Crippen molar-refractivity contribution in [2.24, 2.45) is 14.1 Å². The molecule has 0 unspecified atom stereocenters. The zero-order valence-electron chi connectivity index (χ0n) is 16.9. The second-order valence-electron chi connectivity index (χ2n) is 7.15. The van der Waals surface area contributed by atoms with Gasteiger partial charge in [0, 0.05) is 52.9 Å². The smallest absolute Gasteiger partial charge is 0.332 e. The van der Waals surface area contributed by atoms with Crippen LogP contribution in [-0.2, 0) is 14.1 Å². The van der Waals surface area contributed by atoms with E-state index in [1.807, 2.05) is 6.07 Å². The number of halogens is 2. The Morgan fingerprint density at radius 2 is 1.67 bits per heavy atom. The molecule has 2 aromatic rings. The SMILES string of the molecule is Cn1c(N2CCN(CCCOc3c(Cl)cc(C#N)cc3Cl)CC2)cc(=O)n(C)c1=O. The molecule has 0 amide bonds. The third kappa shape index (κ3) is 4.81. The Bertz CT molecular complexity index is 1060. The molecule has 0 atom stereocenters. The first kappa shape index (κ1) is 22.2. The number of ether oxygens (including phenoxy) is 1. The van der Waals surface area contributed by atoms with Gasteiger partial charge in [0.05, 0.1) is 28.3 Å². The fraction of sp³-hybridized carbons (Fsp3) is 0.450. The van der Waals surface area contributed by atoms with Crippen LogP contribution in [0.5, 0.6) is 5.75 Å². The molecule has 1 saturated heterocycles. The molecule has 0 bridgehead atoms. The molecule has 2 heterocycles. The van der Waals surface area contributed by atoms with E-state index in [4.69, 9.17) is 33.2 Å². The van der Waals surface area contributed by atoms with Crippen LogP contribution in [0, 0.1) is 11.3 Å². The third-order valence-corrected chi connectivity index (χ3v) is 5.75. The lowest BCUT2D eigenvalue weighted by Crippen LogP contribution is -2.49. The Labute approximate surface area is 184 Å². The number of rotatable bonds is 6. The van der Waals surface area contributed by atoms with E-state index in [0.29, 0.717) is 33.8 Å². The lowest BCUT2D eigenvalue weighted by molar-refractivity contribution is 0.224. The highest BCUT2D eigenvalue weighted by Gasteiger charge is 2.20. The number of nitrogens with zero attached hydrogens (tertiary/aromatic N) is 5. The first-order valence-electron chi connectivity index (χ1n) is 9.58. The predicted octanol–water partition coefficient (Wildman–Crippen LogP) is 1.85. The summed E-state index contributed by atoms with van der Waals surface area (Å²) >= 11 is 12.3. The standard InChI is InChI=1S/C20H23Cl2N5O3/c1-24-17(12-18(28)25(2)20(24)29)27-7-5-26(6-8-27)4-3-9-30-19-15(21)10-14(13-23)11-16(19)22/h10-12H,3-9H2,1-2H3. The molecule has 30 heavy (non-hydrogen) atoms. The van der Waals surface area contributed by atoms with Crippen LogP contribution in [0.3, 0.4) is 0 Å². The van der Waals surface area contributed by atoms with Gasteiger partial charge in [-0.15, -0.1) is 0 Å². The molecular formula is C20H23Cl2N5O3. The van der Waals surface area contributed by atoms with Crippen molar-refractivity contribution in [1.29, 1.82) is 5.26 Å². The zero-order chi connectivity index (χ0) is 21.8. The van der Waals surface area contributed by atoms with Crippen LogP contribution >= 0.6 is 23.2 Å². The molecule has 1 aromatic carbocycles. The van der Waals surface area contributed by atoms with Gasteiger partial charge in [-0.3, -0.25) is 18.8 Å². The van der Waals surface area contributed by atoms with E-state index in [1.54, 1.807) is 7.05 Å². The van der Waals surface area contributed by atoms with Crippen molar-refractivity contribution < 1.29 is 4.74 Å². The Hall–Kier alpha value is -2.47. The Kier molecular flexibility index (Phi) is 7.08. The maximum absolute atomic E-state index is 12.1. The van der Waals surface area contributed by atoms with Crippen LogP contribution in [0.4, 0.5) is 5.82 Å². The first-order chi connectivity index (χ1) is 14.3. The fourth-order valence-electron chi connectivity index (χ4n) is 3.45. The molecular weight excluding hydrogens is 429 g/mol. The number of nitriles is 1. The molecule has 0 N–H and O–H groups in total. The number of benzene rings is 1. The maximum atomic E-state index is 12.1. The van der Waals surface area contributed by atoms with Gasteiger partial charge in [-0.25, -0.2) is 4.79 Å². The van der Waals surface area contributed by atoms with Gasteiger partial charge in [-0.05, 0) is 18.6 Å². The summed E-state index contributed by atoms with van der Waals surface area (Å²) in [5.41, 5.74) is -0.228. The van der Waals surface area contributed by atoms with Crippen LogP contribution < -0.4 is 20.9 Å². The second-order valence-corrected chi connectivity index (χ2v) is 7.97. The summed E-state index contributed by atoms with van der Waals surface area (Å²) in [6.07, 6.45) is 0.789. The van der Waals surface area contributed by atoms with Crippen molar-refractivity contribution in [3.63, 3.8) is 0 Å². The highest BCUT2D eigenvalue weighted by atomic mass is 35.5. The van der Waals surface area contributed by atoms with Gasteiger partial charge in [0.15, 0.2) is 5.75 Å². The van der Waals surface area contributed by atoms with Gasteiger partial charge >= 0.3 is 5.69 Å². The van der Waals surface area contributed by atoms with E-state index in [-0.39, 0.29) is 11.2 Å². The maximum Gasteiger partial charge on any atom is 0.332 e. The molecule has 0 spiro atoms. The number of piperazine rings is 1. The quantitative estimate of drug-likeness (QED) is 0.623. The zero-order valence-corrected chi connectivity index (χ0v) is 18.4. The summed E-state index contributed by atoms with van der Waals surface area (Å²) < 4.78 is 8.33. The predicted molar refractivity (Wildman–Crippen MR) is 117 cm³/mol. The fourth-order valence-corrected chi connectivity index (χ4v) is 4.05. The Morgan fingerprint density at radius 1 is 1.03 bits per heavy atom. The van der Waals surface area contributed by atoms with Gasteiger partial charge in [0.2, 0.25) is 0 Å². The molecule has 0 radical (unpaired) electrons. The molecule has 10 heteroatoms. The molecule has 1 fully saturated rings. The molecule has 8 nitrogen and oxygen atoms in total. The van der Waals surface area contributed by atoms with E-state index in [2.05, 4.69) is 9.80 Å². The largest absolute Gasteiger partial charge is 0.490 e. The molecule has 1 aliphatic rings. The molecule has 1 aromatic heterocycles. The van der Waals surface area contributed by atoms with Crippen molar-refractivity contribution in [2.45, 2.75) is 6.42 Å². The summed E-state index contributed by atoms with van der Waals surface area (Å²) in [5.74, 6) is 1.05. The van der Waals surface area contributed by atoms with Crippen molar-refractivity contribution >= 4 is 29.0 Å². The van der Waals surface area contributed by atoms with E-state index in [9.17, 15) is 9.59 Å². The van der Waals surface area contributed by atoms with Crippen LogP contribution in [-0.4, -0.2) is 53.4 Å². The topological polar surface area (TPSA) is 83.5 Å². The summed E-state index contributed by atoms with van der Waals surface area (Å²) in [6.45, 7) is 4.40. The molecule has 0 aliphatic carbocycles. The van der Waals surface area contributed by atoms with Crippen LogP contribution in [0.2, 0.25) is 10.0 Å². The summed E-state index contributed by atoms with van der Waals surface area (Å²) in [4.78, 5) is 28.5. The number of aromatic nitrogens is 2.